The number of nitrogens with zero attached hydrogens (tertiary/aromatic N) is 2. The van der Waals surface area contributed by atoms with Gasteiger partial charge in [-0.2, -0.15) is 18.2 Å². The van der Waals surface area contributed by atoms with Gasteiger partial charge in [0, 0.05) is 12.6 Å². The molecule has 1 saturated carbocycles. The minimum atomic E-state index is -4.57. The SMILES string of the molecule is CCNc1cc(OC2CCC2)nc(C(F)(F)F)n1. The summed E-state index contributed by atoms with van der Waals surface area (Å²) in [4.78, 5) is 6.83. The molecule has 0 aromatic carbocycles. The Morgan fingerprint density at radius 3 is 2.61 bits per heavy atom. The number of anilines is 1. The zero-order valence-corrected chi connectivity index (χ0v) is 9.92. The molecule has 0 unspecified atom stereocenters. The van der Waals surface area contributed by atoms with Crippen molar-refractivity contribution in [1.29, 1.82) is 0 Å². The molecule has 1 aliphatic carbocycles. The second-order valence-corrected chi connectivity index (χ2v) is 4.11. The molecule has 1 fully saturated rings. The average Bonchev–Trinajstić information content (AvgIpc) is 2.23. The van der Waals surface area contributed by atoms with Crippen molar-refractivity contribution < 1.29 is 17.9 Å². The van der Waals surface area contributed by atoms with Crippen LogP contribution in [0.3, 0.4) is 0 Å². The van der Waals surface area contributed by atoms with Crippen LogP contribution < -0.4 is 10.1 Å². The zero-order chi connectivity index (χ0) is 13.2. The van der Waals surface area contributed by atoms with E-state index in [-0.39, 0.29) is 17.8 Å². The van der Waals surface area contributed by atoms with Crippen LogP contribution in [0.2, 0.25) is 0 Å². The molecule has 0 bridgehead atoms. The number of halogens is 3. The van der Waals surface area contributed by atoms with E-state index in [4.69, 9.17) is 4.74 Å². The summed E-state index contributed by atoms with van der Waals surface area (Å²) in [6.07, 6.45) is -1.81. The van der Waals surface area contributed by atoms with Gasteiger partial charge in [0.2, 0.25) is 11.7 Å². The van der Waals surface area contributed by atoms with Crippen LogP contribution >= 0.6 is 0 Å². The quantitative estimate of drug-likeness (QED) is 0.905. The van der Waals surface area contributed by atoms with E-state index in [9.17, 15) is 13.2 Å². The number of hydrogen-bond donors (Lipinski definition) is 1. The molecule has 18 heavy (non-hydrogen) atoms. The maximum Gasteiger partial charge on any atom is 0.451 e. The first-order valence-corrected chi connectivity index (χ1v) is 5.86. The summed E-state index contributed by atoms with van der Waals surface area (Å²) < 4.78 is 43.2. The Morgan fingerprint density at radius 2 is 2.11 bits per heavy atom. The van der Waals surface area contributed by atoms with Gasteiger partial charge in [0.15, 0.2) is 0 Å². The second kappa shape index (κ2) is 4.99. The zero-order valence-electron chi connectivity index (χ0n) is 9.92. The lowest BCUT2D eigenvalue weighted by atomic mass is 9.96. The molecular weight excluding hydrogens is 247 g/mol. The van der Waals surface area contributed by atoms with Crippen LogP contribution in [0.15, 0.2) is 6.07 Å². The fourth-order valence-electron chi connectivity index (χ4n) is 1.54. The van der Waals surface area contributed by atoms with Gasteiger partial charge >= 0.3 is 6.18 Å². The number of ether oxygens (including phenoxy) is 1. The highest BCUT2D eigenvalue weighted by Crippen LogP contribution is 2.30. The topological polar surface area (TPSA) is 47.0 Å². The Bertz CT molecular complexity index is 418. The van der Waals surface area contributed by atoms with E-state index in [0.29, 0.717) is 6.54 Å². The first-order valence-electron chi connectivity index (χ1n) is 5.86. The predicted octanol–water partition coefficient (Wildman–Crippen LogP) is 2.86. The third-order valence-corrected chi connectivity index (χ3v) is 2.65. The summed E-state index contributed by atoms with van der Waals surface area (Å²) in [5.41, 5.74) is 0. The van der Waals surface area contributed by atoms with Gasteiger partial charge < -0.3 is 10.1 Å². The summed E-state index contributed by atoms with van der Waals surface area (Å²) in [6.45, 7) is 2.26. The van der Waals surface area contributed by atoms with Crippen LogP contribution in [0.5, 0.6) is 5.88 Å². The Labute approximate surface area is 103 Å². The minimum Gasteiger partial charge on any atom is -0.474 e. The normalized spacial score (nSPS) is 16.2. The smallest absolute Gasteiger partial charge is 0.451 e. The number of nitrogens with one attached hydrogen (secondary N) is 1. The fraction of sp³-hybridized carbons (Fsp3) is 0.636. The Morgan fingerprint density at radius 1 is 1.39 bits per heavy atom. The molecule has 0 atom stereocenters. The summed E-state index contributed by atoms with van der Waals surface area (Å²) in [7, 11) is 0. The first-order chi connectivity index (χ1) is 8.49. The Balaban J connectivity index is 2.23. The third kappa shape index (κ3) is 3.02. The number of aromatic nitrogens is 2. The van der Waals surface area contributed by atoms with E-state index < -0.39 is 12.0 Å². The van der Waals surface area contributed by atoms with E-state index in [0.717, 1.165) is 19.3 Å². The van der Waals surface area contributed by atoms with E-state index in [2.05, 4.69) is 15.3 Å². The summed E-state index contributed by atoms with van der Waals surface area (Å²) in [5.74, 6) is -1.05. The molecule has 1 heterocycles. The van der Waals surface area contributed by atoms with E-state index >= 15 is 0 Å². The second-order valence-electron chi connectivity index (χ2n) is 4.11. The average molecular weight is 261 g/mol. The van der Waals surface area contributed by atoms with Crippen molar-refractivity contribution in [2.45, 2.75) is 38.5 Å². The summed E-state index contributed by atoms with van der Waals surface area (Å²) in [5, 5.41) is 2.74. The standard InChI is InChI=1S/C11H14F3N3O/c1-2-15-8-6-9(18-7-4-3-5-7)17-10(16-8)11(12,13)14/h6-7H,2-5H2,1H3,(H,15,16,17). The molecule has 0 radical (unpaired) electrons. The molecular formula is C11H14F3N3O. The van der Waals surface area contributed by atoms with Crippen LogP contribution in [-0.2, 0) is 6.18 Å². The lowest BCUT2D eigenvalue weighted by Gasteiger charge is -2.26. The maximum atomic E-state index is 12.6. The molecule has 100 valence electrons. The third-order valence-electron chi connectivity index (χ3n) is 2.65. The van der Waals surface area contributed by atoms with Gasteiger partial charge in [-0.3, -0.25) is 0 Å². The van der Waals surface area contributed by atoms with Gasteiger partial charge in [-0.25, -0.2) is 4.98 Å². The molecule has 4 nitrogen and oxygen atoms in total. The molecule has 0 amide bonds. The van der Waals surface area contributed by atoms with E-state index in [1.807, 2.05) is 0 Å². The van der Waals surface area contributed by atoms with Crippen molar-refractivity contribution in [2.24, 2.45) is 0 Å². The first kappa shape index (κ1) is 12.9. The lowest BCUT2D eigenvalue weighted by molar-refractivity contribution is -0.145. The van der Waals surface area contributed by atoms with E-state index in [1.165, 1.54) is 6.07 Å². The van der Waals surface area contributed by atoms with Gasteiger partial charge in [0.05, 0.1) is 0 Å². The highest BCUT2D eigenvalue weighted by Gasteiger charge is 2.36. The van der Waals surface area contributed by atoms with Crippen molar-refractivity contribution in [3.63, 3.8) is 0 Å². The van der Waals surface area contributed by atoms with E-state index in [1.54, 1.807) is 6.92 Å². The van der Waals surface area contributed by atoms with Crippen LogP contribution in [0.4, 0.5) is 19.0 Å². The predicted molar refractivity (Wildman–Crippen MR) is 59.5 cm³/mol. The minimum absolute atomic E-state index is 0.0158. The van der Waals surface area contributed by atoms with Gasteiger partial charge in [-0.1, -0.05) is 0 Å². The molecule has 0 aliphatic heterocycles. The number of hydrogen-bond acceptors (Lipinski definition) is 4. The molecule has 7 heteroatoms. The van der Waals surface area contributed by atoms with Crippen molar-refractivity contribution >= 4 is 5.82 Å². The molecule has 0 saturated heterocycles. The monoisotopic (exact) mass is 261 g/mol. The largest absolute Gasteiger partial charge is 0.474 e. The van der Waals surface area contributed by atoms with Crippen molar-refractivity contribution in [3.05, 3.63) is 11.9 Å². The van der Waals surface area contributed by atoms with Crippen LogP contribution in [0, 0.1) is 0 Å². The maximum absolute atomic E-state index is 12.6. The summed E-state index contributed by atoms with van der Waals surface area (Å²) in [6, 6.07) is 1.40. The van der Waals surface area contributed by atoms with Crippen LogP contribution in [0.1, 0.15) is 32.0 Å². The Kier molecular flexibility index (Phi) is 3.58. The van der Waals surface area contributed by atoms with Gasteiger partial charge in [-0.05, 0) is 26.2 Å². The molecule has 1 N–H and O–H groups in total. The number of alkyl halides is 3. The van der Waals surface area contributed by atoms with Gasteiger partial charge in [-0.15, -0.1) is 0 Å². The summed E-state index contributed by atoms with van der Waals surface area (Å²) >= 11 is 0. The van der Waals surface area contributed by atoms with Crippen molar-refractivity contribution in [1.82, 2.24) is 9.97 Å². The highest BCUT2D eigenvalue weighted by atomic mass is 19.4. The fourth-order valence-corrected chi connectivity index (χ4v) is 1.54. The van der Waals surface area contributed by atoms with Crippen molar-refractivity contribution in [3.8, 4) is 5.88 Å². The Hall–Kier alpha value is -1.53. The van der Waals surface area contributed by atoms with Gasteiger partial charge in [0.1, 0.15) is 11.9 Å². The molecule has 0 spiro atoms. The lowest BCUT2D eigenvalue weighted by Crippen LogP contribution is -2.25. The molecule has 1 aromatic rings. The molecule has 1 aromatic heterocycles. The highest BCUT2D eigenvalue weighted by molar-refractivity contribution is 5.38. The van der Waals surface area contributed by atoms with Crippen LogP contribution in [-0.4, -0.2) is 22.6 Å². The van der Waals surface area contributed by atoms with Crippen molar-refractivity contribution in [2.75, 3.05) is 11.9 Å². The molecule has 2 rings (SSSR count). The number of rotatable bonds is 4. The van der Waals surface area contributed by atoms with Crippen LogP contribution in [0.25, 0.3) is 0 Å². The van der Waals surface area contributed by atoms with Gasteiger partial charge in [0.25, 0.3) is 0 Å². The molecule has 1 aliphatic rings.